The summed E-state index contributed by atoms with van der Waals surface area (Å²) >= 11 is 0. The molecule has 0 radical (unpaired) electrons. The van der Waals surface area contributed by atoms with Crippen LogP contribution in [-0.4, -0.2) is 6.61 Å². The molecule has 0 aromatic heterocycles. The van der Waals surface area contributed by atoms with Crippen molar-refractivity contribution in [2.45, 2.75) is 25.4 Å². The molecular formula is C17H18O. The van der Waals surface area contributed by atoms with Crippen LogP contribution in [0.2, 0.25) is 0 Å². The van der Waals surface area contributed by atoms with Gasteiger partial charge in [-0.1, -0.05) is 54.6 Å². The van der Waals surface area contributed by atoms with Crippen LogP contribution in [0.3, 0.4) is 0 Å². The van der Waals surface area contributed by atoms with Crippen LogP contribution in [0.25, 0.3) is 0 Å². The topological polar surface area (TPSA) is 9.23 Å². The van der Waals surface area contributed by atoms with Crippen LogP contribution in [0.4, 0.5) is 0 Å². The van der Waals surface area contributed by atoms with Gasteiger partial charge in [0.25, 0.3) is 0 Å². The Morgan fingerprint density at radius 2 is 1.67 bits per heavy atom. The van der Waals surface area contributed by atoms with Crippen molar-refractivity contribution >= 4 is 0 Å². The Morgan fingerprint density at radius 1 is 0.944 bits per heavy atom. The standard InChI is InChI=1S/C17H18O/c1-14-8-5-6-11-16(14)17(12-7-13-18-17)15-9-3-2-4-10-15/h2-6,8-11H,7,12-13H2,1H3. The fraction of sp³-hybridized carbons (Fsp3) is 0.294. The summed E-state index contributed by atoms with van der Waals surface area (Å²) in [6, 6.07) is 19.2. The molecule has 1 fully saturated rings. The van der Waals surface area contributed by atoms with Gasteiger partial charge in [0.15, 0.2) is 0 Å². The molecule has 1 atom stereocenters. The monoisotopic (exact) mass is 238 g/mol. The van der Waals surface area contributed by atoms with E-state index in [1.165, 1.54) is 16.7 Å². The molecule has 0 saturated carbocycles. The third-order valence-electron chi connectivity index (χ3n) is 3.84. The highest BCUT2D eigenvalue weighted by Gasteiger charge is 2.39. The summed E-state index contributed by atoms with van der Waals surface area (Å²) in [7, 11) is 0. The predicted octanol–water partition coefficient (Wildman–Crippen LogP) is 4.05. The molecule has 1 unspecified atom stereocenters. The second-order valence-electron chi connectivity index (χ2n) is 4.96. The molecule has 0 amide bonds. The maximum Gasteiger partial charge on any atom is 0.118 e. The first kappa shape index (κ1) is 11.5. The first-order chi connectivity index (χ1) is 8.83. The molecule has 1 heteroatoms. The second-order valence-corrected chi connectivity index (χ2v) is 4.96. The zero-order chi connectivity index (χ0) is 12.4. The SMILES string of the molecule is Cc1ccccc1C1(c2ccccc2)CCCO1. The van der Waals surface area contributed by atoms with Crippen LogP contribution < -0.4 is 0 Å². The number of benzene rings is 2. The van der Waals surface area contributed by atoms with Crippen LogP contribution in [-0.2, 0) is 10.3 Å². The molecule has 1 aliphatic rings. The maximum absolute atomic E-state index is 6.19. The van der Waals surface area contributed by atoms with Crippen molar-refractivity contribution in [3.05, 3.63) is 71.3 Å². The second kappa shape index (κ2) is 4.58. The van der Waals surface area contributed by atoms with Crippen LogP contribution in [0, 0.1) is 6.92 Å². The molecule has 1 heterocycles. The molecule has 18 heavy (non-hydrogen) atoms. The van der Waals surface area contributed by atoms with E-state index in [4.69, 9.17) is 4.74 Å². The number of hydrogen-bond donors (Lipinski definition) is 0. The number of hydrogen-bond acceptors (Lipinski definition) is 1. The van der Waals surface area contributed by atoms with Gasteiger partial charge in [0.2, 0.25) is 0 Å². The molecular weight excluding hydrogens is 220 g/mol. The van der Waals surface area contributed by atoms with Crippen LogP contribution in [0.1, 0.15) is 29.5 Å². The zero-order valence-electron chi connectivity index (χ0n) is 10.7. The van der Waals surface area contributed by atoms with Gasteiger partial charge < -0.3 is 4.74 Å². The summed E-state index contributed by atoms with van der Waals surface area (Å²) in [5.74, 6) is 0. The highest BCUT2D eigenvalue weighted by molar-refractivity contribution is 5.41. The van der Waals surface area contributed by atoms with Crippen molar-refractivity contribution in [3.8, 4) is 0 Å². The third kappa shape index (κ3) is 1.75. The number of aryl methyl sites for hydroxylation is 1. The third-order valence-corrected chi connectivity index (χ3v) is 3.84. The van der Waals surface area contributed by atoms with Gasteiger partial charge in [-0.2, -0.15) is 0 Å². The van der Waals surface area contributed by atoms with E-state index in [0.29, 0.717) is 0 Å². The first-order valence-corrected chi connectivity index (χ1v) is 6.58. The Hall–Kier alpha value is -1.60. The Bertz CT molecular complexity index is 524. The highest BCUT2D eigenvalue weighted by Crippen LogP contribution is 2.43. The molecule has 0 N–H and O–H groups in total. The lowest BCUT2D eigenvalue weighted by molar-refractivity contribution is 0.0355. The van der Waals surface area contributed by atoms with Gasteiger partial charge in [0.05, 0.1) is 0 Å². The highest BCUT2D eigenvalue weighted by atomic mass is 16.5. The molecule has 0 spiro atoms. The quantitative estimate of drug-likeness (QED) is 0.767. The van der Waals surface area contributed by atoms with Crippen molar-refractivity contribution in [2.75, 3.05) is 6.61 Å². The van der Waals surface area contributed by atoms with Gasteiger partial charge in [-0.05, 0) is 36.5 Å². The van der Waals surface area contributed by atoms with Crippen molar-refractivity contribution in [1.29, 1.82) is 0 Å². The average molecular weight is 238 g/mol. The van der Waals surface area contributed by atoms with E-state index in [-0.39, 0.29) is 5.60 Å². The molecule has 92 valence electrons. The number of rotatable bonds is 2. The van der Waals surface area contributed by atoms with Gasteiger partial charge in [-0.3, -0.25) is 0 Å². The van der Waals surface area contributed by atoms with Crippen molar-refractivity contribution < 1.29 is 4.74 Å². The number of ether oxygens (including phenoxy) is 1. The largest absolute Gasteiger partial charge is 0.366 e. The smallest absolute Gasteiger partial charge is 0.118 e. The minimum atomic E-state index is -0.230. The molecule has 2 aromatic rings. The van der Waals surface area contributed by atoms with Crippen molar-refractivity contribution in [2.24, 2.45) is 0 Å². The average Bonchev–Trinajstić information content (AvgIpc) is 2.91. The lowest BCUT2D eigenvalue weighted by Crippen LogP contribution is -2.27. The van der Waals surface area contributed by atoms with Gasteiger partial charge in [-0.25, -0.2) is 0 Å². The Balaban J connectivity index is 2.16. The van der Waals surface area contributed by atoms with Gasteiger partial charge in [-0.15, -0.1) is 0 Å². The maximum atomic E-state index is 6.19. The summed E-state index contributed by atoms with van der Waals surface area (Å²) in [5.41, 5.74) is 3.67. The zero-order valence-corrected chi connectivity index (χ0v) is 10.7. The molecule has 1 saturated heterocycles. The fourth-order valence-electron chi connectivity index (χ4n) is 2.97. The summed E-state index contributed by atoms with van der Waals surface area (Å²) in [6.07, 6.45) is 2.20. The molecule has 1 nitrogen and oxygen atoms in total. The fourth-order valence-corrected chi connectivity index (χ4v) is 2.97. The predicted molar refractivity (Wildman–Crippen MR) is 73.6 cm³/mol. The van der Waals surface area contributed by atoms with E-state index in [2.05, 4.69) is 61.5 Å². The minimum absolute atomic E-state index is 0.230. The summed E-state index contributed by atoms with van der Waals surface area (Å²) < 4.78 is 6.19. The Labute approximate surface area is 108 Å². The van der Waals surface area contributed by atoms with Crippen molar-refractivity contribution in [1.82, 2.24) is 0 Å². The van der Waals surface area contributed by atoms with Gasteiger partial charge >= 0.3 is 0 Å². The molecule has 2 aromatic carbocycles. The van der Waals surface area contributed by atoms with Gasteiger partial charge in [0, 0.05) is 6.61 Å². The summed E-state index contributed by atoms with van der Waals surface area (Å²) in [5, 5.41) is 0. The molecule has 0 bridgehead atoms. The van der Waals surface area contributed by atoms with E-state index in [9.17, 15) is 0 Å². The summed E-state index contributed by atoms with van der Waals surface area (Å²) in [4.78, 5) is 0. The molecule has 0 aliphatic carbocycles. The van der Waals surface area contributed by atoms with E-state index in [1.54, 1.807) is 0 Å². The van der Waals surface area contributed by atoms with Crippen LogP contribution in [0.5, 0.6) is 0 Å². The molecule has 3 rings (SSSR count). The van der Waals surface area contributed by atoms with Crippen molar-refractivity contribution in [3.63, 3.8) is 0 Å². The van der Waals surface area contributed by atoms with Crippen LogP contribution in [0.15, 0.2) is 54.6 Å². The van der Waals surface area contributed by atoms with E-state index >= 15 is 0 Å². The van der Waals surface area contributed by atoms with Gasteiger partial charge in [0.1, 0.15) is 5.60 Å². The lowest BCUT2D eigenvalue weighted by atomic mass is 9.82. The summed E-state index contributed by atoms with van der Waals surface area (Å²) in [6.45, 7) is 3.02. The Kier molecular flexibility index (Phi) is 2.92. The lowest BCUT2D eigenvalue weighted by Gasteiger charge is -2.31. The molecule has 1 aliphatic heterocycles. The van der Waals surface area contributed by atoms with E-state index in [1.807, 2.05) is 0 Å². The van der Waals surface area contributed by atoms with E-state index in [0.717, 1.165) is 19.4 Å². The Morgan fingerprint density at radius 3 is 2.33 bits per heavy atom. The van der Waals surface area contributed by atoms with E-state index < -0.39 is 0 Å². The first-order valence-electron chi connectivity index (χ1n) is 6.58. The normalized spacial score (nSPS) is 23.2. The van der Waals surface area contributed by atoms with Crippen LogP contribution >= 0.6 is 0 Å². The minimum Gasteiger partial charge on any atom is -0.366 e.